The van der Waals surface area contributed by atoms with E-state index in [2.05, 4.69) is 20.2 Å². The van der Waals surface area contributed by atoms with Crippen molar-refractivity contribution >= 4 is 27.4 Å². The summed E-state index contributed by atoms with van der Waals surface area (Å²) < 4.78 is 1.19. The van der Waals surface area contributed by atoms with Crippen molar-refractivity contribution in [3.63, 3.8) is 0 Å². The van der Waals surface area contributed by atoms with Gasteiger partial charge in [-0.15, -0.1) is 11.3 Å². The minimum atomic E-state index is -0.126. The second kappa shape index (κ2) is 3.90. The molecule has 5 heteroatoms. The van der Waals surface area contributed by atoms with E-state index in [0.29, 0.717) is 12.1 Å². The van der Waals surface area contributed by atoms with E-state index in [1.54, 1.807) is 17.7 Å². The molecule has 1 N–H and O–H groups in total. The Balaban J connectivity index is 1.81. The van der Waals surface area contributed by atoms with Crippen LogP contribution in [-0.4, -0.2) is 33.3 Å². The van der Waals surface area contributed by atoms with Crippen LogP contribution in [0.1, 0.15) is 25.7 Å². The number of nitrogens with zero attached hydrogens (tertiary/aromatic N) is 3. The Morgan fingerprint density at radius 2 is 2.00 bits per heavy atom. The van der Waals surface area contributed by atoms with Gasteiger partial charge in [0.15, 0.2) is 5.82 Å². The highest BCUT2D eigenvalue weighted by Crippen LogP contribution is 2.41. The molecule has 0 aromatic carbocycles. The monoisotopic (exact) mass is 261 g/mol. The van der Waals surface area contributed by atoms with E-state index < -0.39 is 0 Å². The highest BCUT2D eigenvalue weighted by atomic mass is 32.1. The van der Waals surface area contributed by atoms with Crippen molar-refractivity contribution in [2.24, 2.45) is 0 Å². The SMILES string of the molecule is OC1CC2CCC(C1)N2c1ncnc2ccsc12. The van der Waals surface area contributed by atoms with Crippen molar-refractivity contribution < 1.29 is 5.11 Å². The number of hydrogen-bond donors (Lipinski definition) is 1. The summed E-state index contributed by atoms with van der Waals surface area (Å²) >= 11 is 1.71. The zero-order valence-corrected chi connectivity index (χ0v) is 10.8. The average molecular weight is 261 g/mol. The standard InChI is InChI=1S/C13H15N3OS/c17-10-5-8-1-2-9(6-10)16(8)13-12-11(3-4-18-12)14-7-15-13/h3-4,7-10,17H,1-2,5-6H2. The molecule has 2 aliphatic rings. The molecule has 4 rings (SSSR count). The second-order valence-electron chi connectivity index (χ2n) is 5.25. The first-order valence-electron chi connectivity index (χ1n) is 6.47. The maximum Gasteiger partial charge on any atom is 0.150 e. The molecule has 0 spiro atoms. The molecular formula is C13H15N3OS. The van der Waals surface area contributed by atoms with E-state index in [9.17, 15) is 5.11 Å². The van der Waals surface area contributed by atoms with Crippen LogP contribution < -0.4 is 4.90 Å². The van der Waals surface area contributed by atoms with Gasteiger partial charge in [-0.25, -0.2) is 9.97 Å². The van der Waals surface area contributed by atoms with Gasteiger partial charge in [-0.3, -0.25) is 0 Å². The van der Waals surface area contributed by atoms with E-state index in [1.165, 1.54) is 17.5 Å². The fourth-order valence-corrected chi connectivity index (χ4v) is 4.29. The van der Waals surface area contributed by atoms with Crippen LogP contribution in [-0.2, 0) is 0 Å². The number of hydrogen-bond acceptors (Lipinski definition) is 5. The molecule has 2 aromatic rings. The number of piperidine rings is 1. The summed E-state index contributed by atoms with van der Waals surface area (Å²) in [6.07, 6.45) is 5.66. The predicted octanol–water partition coefficient (Wildman–Crippen LogP) is 2.18. The third kappa shape index (κ3) is 1.47. The van der Waals surface area contributed by atoms with E-state index in [-0.39, 0.29) is 6.10 Å². The molecule has 18 heavy (non-hydrogen) atoms. The molecule has 2 unspecified atom stereocenters. The topological polar surface area (TPSA) is 49.2 Å². The molecule has 2 aliphatic heterocycles. The maximum atomic E-state index is 9.87. The molecule has 2 bridgehead atoms. The van der Waals surface area contributed by atoms with Gasteiger partial charge in [0.2, 0.25) is 0 Å². The Kier molecular flexibility index (Phi) is 2.32. The van der Waals surface area contributed by atoms with Crippen molar-refractivity contribution in [1.82, 2.24) is 9.97 Å². The van der Waals surface area contributed by atoms with Gasteiger partial charge >= 0.3 is 0 Å². The highest BCUT2D eigenvalue weighted by Gasteiger charge is 2.41. The summed E-state index contributed by atoms with van der Waals surface area (Å²) in [7, 11) is 0. The van der Waals surface area contributed by atoms with Crippen LogP contribution in [0.4, 0.5) is 5.82 Å². The number of fused-ring (bicyclic) bond motifs is 3. The molecule has 94 valence electrons. The summed E-state index contributed by atoms with van der Waals surface area (Å²) in [4.78, 5) is 11.3. The summed E-state index contributed by atoms with van der Waals surface area (Å²) in [6.45, 7) is 0. The lowest BCUT2D eigenvalue weighted by atomic mass is 10.00. The predicted molar refractivity (Wildman–Crippen MR) is 71.9 cm³/mol. The van der Waals surface area contributed by atoms with Crippen LogP contribution in [0.5, 0.6) is 0 Å². The van der Waals surface area contributed by atoms with Gasteiger partial charge in [0.1, 0.15) is 6.33 Å². The van der Waals surface area contributed by atoms with E-state index in [0.717, 1.165) is 24.2 Å². The lowest BCUT2D eigenvalue weighted by Gasteiger charge is -2.38. The number of thiophene rings is 1. The number of anilines is 1. The van der Waals surface area contributed by atoms with Crippen molar-refractivity contribution in [2.75, 3.05) is 4.90 Å². The number of aliphatic hydroxyl groups is 1. The quantitative estimate of drug-likeness (QED) is 0.855. The molecule has 0 amide bonds. The van der Waals surface area contributed by atoms with Crippen LogP contribution in [0.25, 0.3) is 10.2 Å². The van der Waals surface area contributed by atoms with Crippen LogP contribution in [0.15, 0.2) is 17.8 Å². The minimum absolute atomic E-state index is 0.126. The molecule has 2 atom stereocenters. The Hall–Kier alpha value is -1.20. The minimum Gasteiger partial charge on any atom is -0.393 e. The second-order valence-corrected chi connectivity index (χ2v) is 6.17. The third-order valence-electron chi connectivity index (χ3n) is 4.18. The Labute approximate surface area is 109 Å². The lowest BCUT2D eigenvalue weighted by Crippen LogP contribution is -2.45. The zero-order valence-electron chi connectivity index (χ0n) is 9.99. The van der Waals surface area contributed by atoms with E-state index >= 15 is 0 Å². The fourth-order valence-electron chi connectivity index (χ4n) is 3.45. The Morgan fingerprint density at radius 3 is 2.78 bits per heavy atom. The number of aliphatic hydroxyl groups excluding tert-OH is 1. The maximum absolute atomic E-state index is 9.87. The molecule has 0 aliphatic carbocycles. The molecule has 2 fully saturated rings. The molecular weight excluding hydrogens is 246 g/mol. The first kappa shape index (κ1) is 10.7. The first-order valence-corrected chi connectivity index (χ1v) is 7.35. The van der Waals surface area contributed by atoms with Gasteiger partial charge in [-0.05, 0) is 37.1 Å². The molecule has 2 saturated heterocycles. The normalized spacial score (nSPS) is 31.2. The van der Waals surface area contributed by atoms with E-state index in [4.69, 9.17) is 0 Å². The molecule has 4 heterocycles. The fraction of sp³-hybridized carbons (Fsp3) is 0.538. The summed E-state index contributed by atoms with van der Waals surface area (Å²) in [5.74, 6) is 1.08. The summed E-state index contributed by atoms with van der Waals surface area (Å²) in [5.41, 5.74) is 1.04. The lowest BCUT2D eigenvalue weighted by molar-refractivity contribution is 0.126. The van der Waals surface area contributed by atoms with Crippen LogP contribution in [0.3, 0.4) is 0 Å². The third-order valence-corrected chi connectivity index (χ3v) is 5.08. The van der Waals surface area contributed by atoms with Gasteiger partial charge in [0, 0.05) is 12.1 Å². The molecule has 0 radical (unpaired) electrons. The van der Waals surface area contributed by atoms with Crippen molar-refractivity contribution in [2.45, 2.75) is 43.9 Å². The number of aromatic nitrogens is 2. The molecule has 4 nitrogen and oxygen atoms in total. The average Bonchev–Trinajstić information content (AvgIpc) is 2.92. The van der Waals surface area contributed by atoms with Gasteiger partial charge in [-0.1, -0.05) is 0 Å². The van der Waals surface area contributed by atoms with Crippen molar-refractivity contribution in [3.8, 4) is 0 Å². The highest BCUT2D eigenvalue weighted by molar-refractivity contribution is 7.17. The summed E-state index contributed by atoms with van der Waals surface area (Å²) in [6, 6.07) is 2.96. The first-order chi connectivity index (χ1) is 8.83. The Morgan fingerprint density at radius 1 is 1.22 bits per heavy atom. The van der Waals surface area contributed by atoms with Crippen molar-refractivity contribution in [1.29, 1.82) is 0 Å². The Bertz CT molecular complexity index is 570. The van der Waals surface area contributed by atoms with Crippen LogP contribution in [0.2, 0.25) is 0 Å². The van der Waals surface area contributed by atoms with E-state index in [1.807, 2.05) is 6.07 Å². The molecule has 0 saturated carbocycles. The van der Waals surface area contributed by atoms with Gasteiger partial charge in [0.25, 0.3) is 0 Å². The smallest absolute Gasteiger partial charge is 0.150 e. The summed E-state index contributed by atoms with van der Waals surface area (Å²) in [5, 5.41) is 11.9. The van der Waals surface area contributed by atoms with Gasteiger partial charge in [-0.2, -0.15) is 0 Å². The molecule has 2 aromatic heterocycles. The largest absolute Gasteiger partial charge is 0.393 e. The van der Waals surface area contributed by atoms with Crippen LogP contribution in [0, 0.1) is 0 Å². The van der Waals surface area contributed by atoms with Crippen molar-refractivity contribution in [3.05, 3.63) is 17.8 Å². The van der Waals surface area contributed by atoms with Crippen LogP contribution >= 0.6 is 11.3 Å². The van der Waals surface area contributed by atoms with Gasteiger partial charge < -0.3 is 10.0 Å². The van der Waals surface area contributed by atoms with Gasteiger partial charge in [0.05, 0.1) is 16.3 Å². The number of rotatable bonds is 1. The zero-order chi connectivity index (χ0) is 12.1.